The minimum atomic E-state index is -1.77. The van der Waals surface area contributed by atoms with Crippen LogP contribution in [-0.2, 0) is 19.1 Å². The van der Waals surface area contributed by atoms with E-state index in [0.29, 0.717) is 24.1 Å². The average Bonchev–Trinajstić information content (AvgIpc) is 2.91. The largest absolute Gasteiger partial charge is 0.479 e. The van der Waals surface area contributed by atoms with E-state index >= 15 is 0 Å². The van der Waals surface area contributed by atoms with Gasteiger partial charge >= 0.3 is 5.97 Å². The van der Waals surface area contributed by atoms with Gasteiger partial charge in [-0.2, -0.15) is 0 Å². The van der Waals surface area contributed by atoms with E-state index in [1.165, 1.54) is 6.42 Å². The van der Waals surface area contributed by atoms with E-state index in [4.69, 9.17) is 14.5 Å². The third kappa shape index (κ3) is 6.58. The number of fused-ring (bicyclic) bond motifs is 1. The topological polar surface area (TPSA) is 158 Å². The Balaban J connectivity index is 1.51. The molecule has 1 saturated heterocycles. The van der Waals surface area contributed by atoms with E-state index in [-0.39, 0.29) is 23.8 Å². The van der Waals surface area contributed by atoms with Gasteiger partial charge in [-0.3, -0.25) is 9.79 Å². The summed E-state index contributed by atoms with van der Waals surface area (Å²) in [5.41, 5.74) is 0. The molecule has 38 heavy (non-hydrogen) atoms. The molecule has 0 spiro atoms. The molecule has 216 valence electrons. The van der Waals surface area contributed by atoms with E-state index in [0.717, 1.165) is 64.2 Å². The molecule has 0 aromatic carbocycles. The molecule has 0 radical (unpaired) electrons. The van der Waals surface area contributed by atoms with Gasteiger partial charge in [0.1, 0.15) is 24.1 Å². The third-order valence-corrected chi connectivity index (χ3v) is 9.12. The van der Waals surface area contributed by atoms with Gasteiger partial charge in [0.15, 0.2) is 12.4 Å². The summed E-state index contributed by atoms with van der Waals surface area (Å²) in [6.45, 7) is 4.35. The average molecular weight is 539 g/mol. The molecule has 2 aliphatic carbocycles. The molecule has 0 bridgehead atoms. The molecule has 3 fully saturated rings. The van der Waals surface area contributed by atoms with Gasteiger partial charge in [-0.15, -0.1) is 0 Å². The van der Waals surface area contributed by atoms with Crippen molar-refractivity contribution >= 4 is 17.7 Å². The number of amides is 1. The Bertz CT molecular complexity index is 853. The first-order valence-corrected chi connectivity index (χ1v) is 14.7. The maximum Gasteiger partial charge on any atom is 0.335 e. The van der Waals surface area contributed by atoms with Crippen LogP contribution in [0.4, 0.5) is 0 Å². The number of amidine groups is 1. The van der Waals surface area contributed by atoms with Gasteiger partial charge in [0.2, 0.25) is 5.91 Å². The molecular weight excluding hydrogens is 492 g/mol. The Morgan fingerprint density at radius 3 is 2.21 bits per heavy atom. The molecule has 10 heteroatoms. The molecule has 4 aliphatic rings. The van der Waals surface area contributed by atoms with Crippen molar-refractivity contribution in [1.82, 2.24) is 5.32 Å². The van der Waals surface area contributed by atoms with Gasteiger partial charge in [0.25, 0.3) is 0 Å². The van der Waals surface area contributed by atoms with Crippen molar-refractivity contribution in [2.24, 2.45) is 28.7 Å². The second-order valence-electron chi connectivity index (χ2n) is 11.8. The van der Waals surface area contributed by atoms with Gasteiger partial charge in [0.05, 0.1) is 18.1 Å². The molecule has 0 aromatic rings. The van der Waals surface area contributed by atoms with Crippen molar-refractivity contribution in [1.29, 1.82) is 0 Å². The standard InChI is InChI=1S/C28H46N2O8/c1-3-5-7-15-9-11-19-17(13-15)26(34)30-25(29-19)18-14-16(8-6-4-2)10-12-20(18)37-28-23(33)21(31)22(32)24(38-28)27(35)36/h15-24,28,31-33H,3-14H2,1-2H3,(H,35,36)(H,29,30,34)/t15?,16?,17?,18?,19?,20?,21-,22+,23?,24?,28-/m1/s1. The SMILES string of the molecule is CCCCC1CCC2N=C(C3CC(CCCC)CCC3O[C@@H]3OC(C(=O)O)[C@@H](O)[C@@H](O)C3O)NC(=O)C2C1. The van der Waals surface area contributed by atoms with E-state index in [1.807, 2.05) is 0 Å². The van der Waals surface area contributed by atoms with Crippen LogP contribution in [0.15, 0.2) is 4.99 Å². The monoisotopic (exact) mass is 538 g/mol. The zero-order valence-electron chi connectivity index (χ0n) is 22.7. The minimum absolute atomic E-state index is 0.0223. The summed E-state index contributed by atoms with van der Waals surface area (Å²) in [5.74, 6) is -0.137. The fourth-order valence-corrected chi connectivity index (χ4v) is 6.82. The third-order valence-electron chi connectivity index (χ3n) is 9.12. The number of aliphatic imine (C=N–C) groups is 1. The van der Waals surface area contributed by atoms with Crippen LogP contribution in [0.5, 0.6) is 0 Å². The number of carboxylic acids is 1. The van der Waals surface area contributed by atoms with Gasteiger partial charge in [-0.1, -0.05) is 52.4 Å². The van der Waals surface area contributed by atoms with Crippen molar-refractivity contribution < 1.29 is 39.5 Å². The number of rotatable bonds is 10. The second-order valence-corrected chi connectivity index (χ2v) is 11.8. The fraction of sp³-hybridized carbons (Fsp3) is 0.893. The number of nitrogens with zero attached hydrogens (tertiary/aromatic N) is 1. The van der Waals surface area contributed by atoms with E-state index < -0.39 is 42.8 Å². The Kier molecular flexibility index (Phi) is 10.2. The lowest BCUT2D eigenvalue weighted by molar-refractivity contribution is -0.308. The Labute approximate surface area is 225 Å². The van der Waals surface area contributed by atoms with Crippen LogP contribution in [-0.4, -0.2) is 81.0 Å². The first-order chi connectivity index (χ1) is 18.2. The van der Waals surface area contributed by atoms with Crippen molar-refractivity contribution in [2.75, 3.05) is 0 Å². The Morgan fingerprint density at radius 1 is 0.947 bits per heavy atom. The van der Waals surface area contributed by atoms with Gasteiger partial charge in [-0.05, 0) is 50.4 Å². The number of hydrogen-bond acceptors (Lipinski definition) is 8. The van der Waals surface area contributed by atoms with Crippen LogP contribution in [0.2, 0.25) is 0 Å². The molecule has 2 saturated carbocycles. The molecule has 2 heterocycles. The van der Waals surface area contributed by atoms with Gasteiger partial charge in [-0.25, -0.2) is 4.79 Å². The lowest BCUT2D eigenvalue weighted by Crippen LogP contribution is -2.61. The van der Waals surface area contributed by atoms with Crippen molar-refractivity contribution in [3.63, 3.8) is 0 Å². The summed E-state index contributed by atoms with van der Waals surface area (Å²) in [6, 6.07) is -0.0434. The van der Waals surface area contributed by atoms with Gasteiger partial charge in [0, 0.05) is 5.92 Å². The maximum absolute atomic E-state index is 13.3. The maximum atomic E-state index is 13.3. The zero-order valence-corrected chi connectivity index (χ0v) is 22.7. The minimum Gasteiger partial charge on any atom is -0.479 e. The van der Waals surface area contributed by atoms with E-state index in [9.17, 15) is 30.0 Å². The Morgan fingerprint density at radius 2 is 1.58 bits per heavy atom. The number of carboxylic acid groups (broad SMARTS) is 1. The predicted molar refractivity (Wildman–Crippen MR) is 139 cm³/mol. The first-order valence-electron chi connectivity index (χ1n) is 14.7. The Hall–Kier alpha value is -1.59. The highest BCUT2D eigenvalue weighted by molar-refractivity contribution is 6.02. The number of aliphatic hydroxyl groups excluding tert-OH is 3. The molecule has 5 N–H and O–H groups in total. The number of ether oxygens (including phenoxy) is 2. The van der Waals surface area contributed by atoms with E-state index in [2.05, 4.69) is 19.2 Å². The van der Waals surface area contributed by atoms with Crippen LogP contribution >= 0.6 is 0 Å². The summed E-state index contributed by atoms with van der Waals surface area (Å²) < 4.78 is 11.6. The summed E-state index contributed by atoms with van der Waals surface area (Å²) in [4.78, 5) is 29.9. The molecular formula is C28H46N2O8. The quantitative estimate of drug-likeness (QED) is 0.284. The highest BCUT2D eigenvalue weighted by Crippen LogP contribution is 2.40. The van der Waals surface area contributed by atoms with Crippen molar-refractivity contribution in [3.8, 4) is 0 Å². The van der Waals surface area contributed by atoms with Crippen LogP contribution in [0, 0.1) is 23.7 Å². The van der Waals surface area contributed by atoms with Crippen molar-refractivity contribution in [3.05, 3.63) is 0 Å². The normalized spacial score (nSPS) is 41.7. The molecule has 0 aromatic heterocycles. The highest BCUT2D eigenvalue weighted by Gasteiger charge is 2.50. The number of nitrogens with one attached hydrogen (secondary N) is 1. The van der Waals surface area contributed by atoms with Crippen LogP contribution in [0.1, 0.15) is 90.9 Å². The molecule has 8 unspecified atom stereocenters. The number of aliphatic hydroxyl groups is 3. The summed E-state index contributed by atoms with van der Waals surface area (Å²) in [7, 11) is 0. The predicted octanol–water partition coefficient (Wildman–Crippen LogP) is 2.37. The van der Waals surface area contributed by atoms with Crippen molar-refractivity contribution in [2.45, 2.75) is 134 Å². The molecule has 10 nitrogen and oxygen atoms in total. The zero-order chi connectivity index (χ0) is 27.4. The molecule has 11 atom stereocenters. The molecule has 4 rings (SSSR count). The molecule has 1 amide bonds. The smallest absolute Gasteiger partial charge is 0.335 e. The van der Waals surface area contributed by atoms with Crippen LogP contribution < -0.4 is 5.32 Å². The molecule has 2 aliphatic heterocycles. The number of hydrogen-bond donors (Lipinski definition) is 5. The summed E-state index contributed by atoms with van der Waals surface area (Å²) >= 11 is 0. The summed E-state index contributed by atoms with van der Waals surface area (Å²) in [6.07, 6.45) is 3.18. The van der Waals surface area contributed by atoms with E-state index in [1.54, 1.807) is 0 Å². The second kappa shape index (κ2) is 13.2. The van der Waals surface area contributed by atoms with Crippen LogP contribution in [0.25, 0.3) is 0 Å². The number of unbranched alkanes of at least 4 members (excludes halogenated alkanes) is 2. The number of carbonyl (C=O) groups is 2. The highest BCUT2D eigenvalue weighted by atomic mass is 16.7. The lowest BCUT2D eigenvalue weighted by atomic mass is 9.73. The number of aliphatic carboxylic acids is 1. The first kappa shape index (κ1) is 29.4. The number of carbonyl (C=O) groups excluding carboxylic acids is 1. The summed E-state index contributed by atoms with van der Waals surface area (Å²) in [5, 5.41) is 43.3. The van der Waals surface area contributed by atoms with Crippen LogP contribution in [0.3, 0.4) is 0 Å². The fourth-order valence-electron chi connectivity index (χ4n) is 6.82. The lowest BCUT2D eigenvalue weighted by Gasteiger charge is -2.44. The van der Waals surface area contributed by atoms with Gasteiger partial charge < -0.3 is 35.2 Å².